The third-order valence-electron chi connectivity index (χ3n) is 5.42. The number of rotatable bonds is 1. The van der Waals surface area contributed by atoms with Crippen LogP contribution in [0.5, 0.6) is 0 Å². The normalized spacial score (nSPS) is 25.6. The molecule has 0 fully saturated rings. The Hall–Kier alpha value is -3.27. The van der Waals surface area contributed by atoms with Crippen molar-refractivity contribution in [3.63, 3.8) is 0 Å². The number of cyclic esters (lactones) is 1. The molecule has 1 aromatic carbocycles. The number of nitriles is 1. The van der Waals surface area contributed by atoms with Crippen molar-refractivity contribution in [1.29, 1.82) is 5.26 Å². The SMILES string of the molecule is CC(C)N1C(=O)C2(C(C#N)=C(N)NC3=C2C(=O)OC3(C)C)c2ccccc21. The highest BCUT2D eigenvalue weighted by molar-refractivity contribution is 6.19. The number of nitrogens with two attached hydrogens (primary N) is 1. The van der Waals surface area contributed by atoms with Crippen LogP contribution in [0.1, 0.15) is 33.3 Å². The van der Waals surface area contributed by atoms with Crippen LogP contribution in [0.25, 0.3) is 0 Å². The summed E-state index contributed by atoms with van der Waals surface area (Å²) in [4.78, 5) is 28.4. The van der Waals surface area contributed by atoms with Gasteiger partial charge in [0.1, 0.15) is 22.9 Å². The molecule has 3 aliphatic rings. The second-order valence-electron chi connectivity index (χ2n) is 7.71. The lowest BCUT2D eigenvalue weighted by atomic mass is 9.67. The first kappa shape index (κ1) is 17.2. The molecule has 0 saturated carbocycles. The predicted octanol–water partition coefficient (Wildman–Crippen LogP) is 1.57. The number of amides is 1. The Morgan fingerprint density at radius 2 is 1.93 bits per heavy atom. The number of fused-ring (bicyclic) bond motifs is 3. The van der Waals surface area contributed by atoms with Gasteiger partial charge in [-0.25, -0.2) is 4.79 Å². The number of esters is 1. The van der Waals surface area contributed by atoms with Gasteiger partial charge in [-0.1, -0.05) is 18.2 Å². The van der Waals surface area contributed by atoms with Gasteiger partial charge in [0.2, 0.25) is 5.91 Å². The van der Waals surface area contributed by atoms with Crippen LogP contribution in [-0.2, 0) is 19.7 Å². The first-order chi connectivity index (χ1) is 12.7. The number of anilines is 1. The average molecular weight is 364 g/mol. The van der Waals surface area contributed by atoms with E-state index in [4.69, 9.17) is 10.5 Å². The smallest absolute Gasteiger partial charge is 0.338 e. The van der Waals surface area contributed by atoms with Crippen LogP contribution in [0.2, 0.25) is 0 Å². The van der Waals surface area contributed by atoms with E-state index in [9.17, 15) is 14.9 Å². The summed E-state index contributed by atoms with van der Waals surface area (Å²) in [7, 11) is 0. The third kappa shape index (κ3) is 1.85. The summed E-state index contributed by atoms with van der Waals surface area (Å²) in [5.41, 5.74) is 5.46. The maximum absolute atomic E-state index is 13.8. The van der Waals surface area contributed by atoms with Crippen molar-refractivity contribution in [2.45, 2.75) is 44.8 Å². The molecule has 3 N–H and O–H groups in total. The van der Waals surface area contributed by atoms with Crippen LogP contribution in [-0.4, -0.2) is 23.5 Å². The topological polar surface area (TPSA) is 108 Å². The van der Waals surface area contributed by atoms with Gasteiger partial charge in [0.05, 0.1) is 16.8 Å². The van der Waals surface area contributed by atoms with Gasteiger partial charge in [0, 0.05) is 17.3 Å². The molecule has 0 aromatic heterocycles. The fraction of sp³-hybridized carbons (Fsp3) is 0.350. The van der Waals surface area contributed by atoms with E-state index >= 15 is 0 Å². The zero-order valence-corrected chi connectivity index (χ0v) is 15.6. The molecule has 3 aliphatic heterocycles. The van der Waals surface area contributed by atoms with E-state index in [1.165, 1.54) is 0 Å². The number of para-hydroxylation sites is 1. The number of dihydropyridines is 1. The fourth-order valence-corrected chi connectivity index (χ4v) is 4.36. The number of ether oxygens (including phenoxy) is 1. The molecule has 7 heteroatoms. The lowest BCUT2D eigenvalue weighted by molar-refractivity contribution is -0.145. The molecule has 0 bridgehead atoms. The minimum atomic E-state index is -1.59. The summed E-state index contributed by atoms with van der Waals surface area (Å²) < 4.78 is 5.54. The van der Waals surface area contributed by atoms with E-state index in [0.29, 0.717) is 16.9 Å². The van der Waals surface area contributed by atoms with Gasteiger partial charge in [-0.2, -0.15) is 5.26 Å². The quantitative estimate of drug-likeness (QED) is 0.732. The minimum absolute atomic E-state index is 0.0245. The summed E-state index contributed by atoms with van der Waals surface area (Å²) in [6.45, 7) is 7.23. The lowest BCUT2D eigenvalue weighted by Gasteiger charge is -2.35. The van der Waals surface area contributed by atoms with Crippen molar-refractivity contribution in [2.24, 2.45) is 5.73 Å². The molecule has 0 aliphatic carbocycles. The molecule has 27 heavy (non-hydrogen) atoms. The highest BCUT2D eigenvalue weighted by Gasteiger charge is 2.65. The van der Waals surface area contributed by atoms with Crippen molar-refractivity contribution >= 4 is 17.6 Å². The molecule has 4 rings (SSSR count). The molecule has 7 nitrogen and oxygen atoms in total. The van der Waals surface area contributed by atoms with Crippen LogP contribution in [0.3, 0.4) is 0 Å². The second kappa shape index (κ2) is 5.13. The van der Waals surface area contributed by atoms with Gasteiger partial charge >= 0.3 is 5.97 Å². The van der Waals surface area contributed by atoms with Gasteiger partial charge in [-0.3, -0.25) is 4.79 Å². The Labute approximate surface area is 157 Å². The standard InChI is InChI=1S/C20H20N4O3/c1-10(2)24-13-8-6-5-7-11(13)20(18(24)26)12(9-21)16(22)23-15-14(20)17(25)27-19(15,3)4/h5-8,10,23H,22H2,1-4H3. The zero-order valence-electron chi connectivity index (χ0n) is 15.6. The number of carbonyl (C=O) groups excluding carboxylic acids is 2. The number of benzene rings is 1. The number of hydrogen-bond acceptors (Lipinski definition) is 6. The van der Waals surface area contributed by atoms with Gasteiger partial charge in [0.15, 0.2) is 0 Å². The summed E-state index contributed by atoms with van der Waals surface area (Å²) in [5.74, 6) is -0.908. The first-order valence-electron chi connectivity index (χ1n) is 8.77. The number of hydrogen-bond donors (Lipinski definition) is 2. The molecule has 3 heterocycles. The van der Waals surface area contributed by atoms with Gasteiger partial charge < -0.3 is 20.7 Å². The Morgan fingerprint density at radius 3 is 2.56 bits per heavy atom. The largest absolute Gasteiger partial charge is 0.450 e. The molecule has 1 aromatic rings. The molecular weight excluding hydrogens is 344 g/mol. The fourth-order valence-electron chi connectivity index (χ4n) is 4.36. The van der Waals surface area contributed by atoms with Crippen molar-refractivity contribution in [2.75, 3.05) is 4.90 Å². The van der Waals surface area contributed by atoms with Crippen LogP contribution in [0.15, 0.2) is 46.9 Å². The van der Waals surface area contributed by atoms with E-state index in [2.05, 4.69) is 11.4 Å². The monoisotopic (exact) mass is 364 g/mol. The molecular formula is C20H20N4O3. The Morgan fingerprint density at radius 1 is 1.26 bits per heavy atom. The molecule has 1 amide bonds. The number of nitrogens with zero attached hydrogens (tertiary/aromatic N) is 2. The molecule has 1 atom stereocenters. The van der Waals surface area contributed by atoms with Crippen molar-refractivity contribution in [1.82, 2.24) is 5.32 Å². The first-order valence-corrected chi connectivity index (χ1v) is 8.77. The van der Waals surface area contributed by atoms with Crippen molar-refractivity contribution in [3.05, 3.63) is 52.5 Å². The summed E-state index contributed by atoms with van der Waals surface area (Å²) in [6.07, 6.45) is 0. The van der Waals surface area contributed by atoms with Crippen LogP contribution >= 0.6 is 0 Å². The predicted molar refractivity (Wildman–Crippen MR) is 97.9 cm³/mol. The van der Waals surface area contributed by atoms with Crippen LogP contribution in [0, 0.1) is 11.3 Å². The lowest BCUT2D eigenvalue weighted by Crippen LogP contribution is -2.51. The van der Waals surface area contributed by atoms with E-state index in [-0.39, 0.29) is 28.9 Å². The summed E-state index contributed by atoms with van der Waals surface area (Å²) in [5, 5.41) is 12.9. The summed E-state index contributed by atoms with van der Waals surface area (Å²) in [6, 6.07) is 9.12. The Bertz CT molecular complexity index is 1010. The van der Waals surface area contributed by atoms with E-state index < -0.39 is 17.0 Å². The molecule has 0 saturated heterocycles. The third-order valence-corrected chi connectivity index (χ3v) is 5.42. The number of nitrogens with one attached hydrogen (secondary N) is 1. The van der Waals surface area contributed by atoms with Gasteiger partial charge in [0.25, 0.3) is 0 Å². The van der Waals surface area contributed by atoms with Gasteiger partial charge in [-0.05, 0) is 33.8 Å². The van der Waals surface area contributed by atoms with Crippen molar-refractivity contribution < 1.29 is 14.3 Å². The van der Waals surface area contributed by atoms with E-state index in [1.807, 2.05) is 26.0 Å². The van der Waals surface area contributed by atoms with Crippen molar-refractivity contribution in [3.8, 4) is 6.07 Å². The molecule has 1 unspecified atom stereocenters. The Kier molecular flexibility index (Phi) is 3.26. The number of carbonyl (C=O) groups is 2. The molecule has 0 radical (unpaired) electrons. The molecule has 1 spiro atoms. The van der Waals surface area contributed by atoms with E-state index in [0.717, 1.165) is 0 Å². The maximum Gasteiger partial charge on any atom is 0.338 e. The van der Waals surface area contributed by atoms with Crippen LogP contribution in [0.4, 0.5) is 5.69 Å². The highest BCUT2D eigenvalue weighted by atomic mass is 16.6. The maximum atomic E-state index is 13.8. The van der Waals surface area contributed by atoms with E-state index in [1.54, 1.807) is 30.9 Å². The van der Waals surface area contributed by atoms with Crippen LogP contribution < -0.4 is 16.0 Å². The highest BCUT2D eigenvalue weighted by Crippen LogP contribution is 2.56. The minimum Gasteiger partial charge on any atom is -0.450 e. The molecule has 138 valence electrons. The Balaban J connectivity index is 2.16. The average Bonchev–Trinajstić information content (AvgIpc) is 2.97. The second-order valence-corrected chi connectivity index (χ2v) is 7.71. The zero-order chi connectivity index (χ0) is 19.7. The van der Waals surface area contributed by atoms with Gasteiger partial charge in [-0.15, -0.1) is 0 Å². The summed E-state index contributed by atoms with van der Waals surface area (Å²) >= 11 is 0.